The maximum Gasteiger partial charge on any atom is 0.224 e. The number of carbonyl (C=O) groups excluding carboxylic acids is 1. The van der Waals surface area contributed by atoms with Gasteiger partial charge in [0.25, 0.3) is 0 Å². The molecule has 11 heteroatoms. The smallest absolute Gasteiger partial charge is 0.224 e. The molecule has 0 bridgehead atoms. The van der Waals surface area contributed by atoms with E-state index in [0.717, 1.165) is 31.2 Å². The Labute approximate surface area is 207 Å². The predicted octanol–water partition coefficient (Wildman–Crippen LogP) is 4.48. The van der Waals surface area contributed by atoms with Gasteiger partial charge in [-0.2, -0.15) is 4.98 Å². The Hall–Kier alpha value is -2.98. The van der Waals surface area contributed by atoms with Gasteiger partial charge in [-0.3, -0.25) is 9.36 Å². The van der Waals surface area contributed by atoms with Gasteiger partial charge in [0.05, 0.1) is 16.9 Å². The first-order chi connectivity index (χ1) is 16.9. The molecule has 1 aliphatic carbocycles. The second-order valence-electron chi connectivity index (χ2n) is 9.32. The Morgan fingerprint density at radius 1 is 1.17 bits per heavy atom. The van der Waals surface area contributed by atoms with E-state index in [1.165, 1.54) is 6.07 Å². The number of hydrogen-bond donors (Lipinski definition) is 3. The number of hydrogen-bond acceptors (Lipinski definition) is 7. The molecule has 3 heterocycles. The summed E-state index contributed by atoms with van der Waals surface area (Å²) in [4.78, 5) is 25.7. The summed E-state index contributed by atoms with van der Waals surface area (Å²) in [6, 6.07) is 3.26. The van der Waals surface area contributed by atoms with Crippen LogP contribution in [-0.2, 0) is 9.53 Å². The van der Waals surface area contributed by atoms with Gasteiger partial charge in [-0.15, -0.1) is 0 Å². The number of fused-ring (bicyclic) bond motifs is 1. The van der Waals surface area contributed by atoms with Crippen LogP contribution in [-0.4, -0.2) is 44.7 Å². The van der Waals surface area contributed by atoms with E-state index >= 15 is 0 Å². The number of ether oxygens (including phenoxy) is 1. The van der Waals surface area contributed by atoms with E-state index in [1.54, 1.807) is 12.3 Å². The zero-order valence-electron chi connectivity index (χ0n) is 19.6. The topological polar surface area (TPSA) is 120 Å². The van der Waals surface area contributed by atoms with Crippen molar-refractivity contribution >= 4 is 46.3 Å². The third kappa shape index (κ3) is 4.90. The monoisotopic (exact) mass is 501 g/mol. The van der Waals surface area contributed by atoms with Gasteiger partial charge in [-0.25, -0.2) is 14.4 Å². The highest BCUT2D eigenvalue weighted by Crippen LogP contribution is 2.38. The molecule has 1 aromatic carbocycles. The summed E-state index contributed by atoms with van der Waals surface area (Å²) in [5.41, 5.74) is 7.70. The number of aromatic nitrogens is 4. The van der Waals surface area contributed by atoms with Crippen LogP contribution in [0.1, 0.15) is 50.1 Å². The number of nitrogens with zero attached hydrogens (tertiary/aromatic N) is 4. The number of rotatable bonds is 6. The van der Waals surface area contributed by atoms with Crippen molar-refractivity contribution in [3.8, 4) is 0 Å². The molecule has 5 rings (SSSR count). The summed E-state index contributed by atoms with van der Waals surface area (Å²) in [5, 5.41) is 6.82. The number of amides is 1. The number of imidazole rings is 1. The van der Waals surface area contributed by atoms with E-state index in [2.05, 4.69) is 15.6 Å². The van der Waals surface area contributed by atoms with Crippen molar-refractivity contribution < 1.29 is 13.9 Å². The van der Waals surface area contributed by atoms with Gasteiger partial charge in [0.1, 0.15) is 11.3 Å². The molecular weight excluding hydrogens is 473 g/mol. The lowest BCUT2D eigenvalue weighted by Crippen LogP contribution is -2.29. The first kappa shape index (κ1) is 23.7. The molecule has 0 radical (unpaired) electrons. The number of halogens is 2. The van der Waals surface area contributed by atoms with Crippen LogP contribution in [0.2, 0.25) is 5.02 Å². The number of nitrogens with one attached hydrogen (secondary N) is 2. The van der Waals surface area contributed by atoms with Crippen LogP contribution in [0.3, 0.4) is 0 Å². The normalized spacial score (nSPS) is 21.2. The minimum atomic E-state index is -0.468. The summed E-state index contributed by atoms with van der Waals surface area (Å²) in [5.74, 6) is 0.0800. The summed E-state index contributed by atoms with van der Waals surface area (Å²) >= 11 is 6.43. The Bertz CT molecular complexity index is 1240. The summed E-state index contributed by atoms with van der Waals surface area (Å²) < 4.78 is 22.2. The fourth-order valence-electron chi connectivity index (χ4n) is 4.92. The molecule has 1 aliphatic heterocycles. The molecule has 2 aromatic heterocycles. The summed E-state index contributed by atoms with van der Waals surface area (Å²) in [7, 11) is 0. The lowest BCUT2D eigenvalue weighted by Gasteiger charge is -2.29. The summed E-state index contributed by atoms with van der Waals surface area (Å²) in [6.07, 6.45) is 6.25. The van der Waals surface area contributed by atoms with Gasteiger partial charge < -0.3 is 21.1 Å². The Kier molecular flexibility index (Phi) is 6.75. The van der Waals surface area contributed by atoms with E-state index in [0.29, 0.717) is 54.1 Å². The first-order valence-electron chi connectivity index (χ1n) is 12.0. The number of benzene rings is 1. The molecule has 1 saturated carbocycles. The average Bonchev–Trinajstić information content (AvgIpc) is 3.22. The molecule has 35 heavy (non-hydrogen) atoms. The Morgan fingerprint density at radius 2 is 1.91 bits per heavy atom. The van der Waals surface area contributed by atoms with Crippen molar-refractivity contribution in [1.29, 1.82) is 0 Å². The van der Waals surface area contributed by atoms with Gasteiger partial charge >= 0.3 is 0 Å². The lowest BCUT2D eigenvalue weighted by atomic mass is 9.85. The zero-order valence-corrected chi connectivity index (χ0v) is 20.3. The highest BCUT2D eigenvalue weighted by atomic mass is 35.5. The molecule has 2 fully saturated rings. The van der Waals surface area contributed by atoms with Gasteiger partial charge in [0.15, 0.2) is 5.65 Å². The van der Waals surface area contributed by atoms with Crippen molar-refractivity contribution in [2.75, 3.05) is 23.8 Å². The quantitative estimate of drug-likeness (QED) is 0.455. The fraction of sp³-hybridized carbons (Fsp3) is 0.500. The van der Waals surface area contributed by atoms with Crippen molar-refractivity contribution in [3.05, 3.63) is 34.7 Å². The highest BCUT2D eigenvalue weighted by molar-refractivity contribution is 6.34. The van der Waals surface area contributed by atoms with E-state index in [1.807, 2.05) is 11.5 Å². The molecule has 2 aliphatic rings. The lowest BCUT2D eigenvalue weighted by molar-refractivity contribution is -0.122. The van der Waals surface area contributed by atoms with Crippen molar-refractivity contribution in [2.24, 2.45) is 11.7 Å². The van der Waals surface area contributed by atoms with E-state index in [4.69, 9.17) is 32.0 Å². The zero-order chi connectivity index (χ0) is 24.5. The molecule has 186 valence electrons. The van der Waals surface area contributed by atoms with E-state index < -0.39 is 5.82 Å². The number of nitrogens with two attached hydrogens (primary N) is 1. The van der Waals surface area contributed by atoms with Gasteiger partial charge in [-0.05, 0) is 57.1 Å². The van der Waals surface area contributed by atoms with Crippen molar-refractivity contribution in [2.45, 2.75) is 57.5 Å². The largest absolute Gasteiger partial charge is 0.381 e. The second-order valence-corrected chi connectivity index (χ2v) is 9.70. The SMILES string of the molecule is Cc1ccc(F)c(Nc2nc3cnc(NC4CCOCC4)nc3n2[C@H]2CC[C@@H](C(N)=O)CC2)c1Cl. The third-order valence-electron chi connectivity index (χ3n) is 6.97. The molecule has 1 amide bonds. The molecule has 0 spiro atoms. The molecule has 4 N–H and O–H groups in total. The van der Waals surface area contributed by atoms with Crippen LogP contribution in [0, 0.1) is 18.7 Å². The van der Waals surface area contributed by atoms with Crippen LogP contribution in [0.5, 0.6) is 0 Å². The number of carbonyl (C=O) groups is 1. The second kappa shape index (κ2) is 9.94. The van der Waals surface area contributed by atoms with Crippen LogP contribution in [0.15, 0.2) is 18.3 Å². The standard InChI is InChI=1S/C24H29ClFN7O2/c1-13-2-7-17(26)20(19(13)25)31-24-30-18-12-28-23(29-15-8-10-35-11-9-15)32-22(18)33(24)16-5-3-14(4-6-16)21(27)34/h2,7,12,14-16H,3-6,8-11H2,1H3,(H2,27,34)(H,30,31)(H,28,29,32)/t14-,16+. The Balaban J connectivity index is 1.53. The number of anilines is 3. The number of aryl methyl sites for hydroxylation is 1. The van der Waals surface area contributed by atoms with Gasteiger partial charge in [-0.1, -0.05) is 17.7 Å². The molecule has 9 nitrogen and oxygen atoms in total. The first-order valence-corrected chi connectivity index (χ1v) is 12.4. The maximum atomic E-state index is 14.7. The van der Waals surface area contributed by atoms with Crippen LogP contribution >= 0.6 is 11.6 Å². The van der Waals surface area contributed by atoms with Crippen molar-refractivity contribution in [1.82, 2.24) is 19.5 Å². The highest BCUT2D eigenvalue weighted by Gasteiger charge is 2.29. The van der Waals surface area contributed by atoms with E-state index in [-0.39, 0.29) is 29.6 Å². The minimum Gasteiger partial charge on any atom is -0.381 e. The van der Waals surface area contributed by atoms with Gasteiger partial charge in [0.2, 0.25) is 17.8 Å². The van der Waals surface area contributed by atoms with Crippen LogP contribution in [0.25, 0.3) is 11.2 Å². The molecule has 1 saturated heterocycles. The Morgan fingerprint density at radius 3 is 2.63 bits per heavy atom. The number of primary amides is 1. The minimum absolute atomic E-state index is 0.00979. The molecule has 0 atom stereocenters. The average molecular weight is 502 g/mol. The van der Waals surface area contributed by atoms with Gasteiger partial charge in [0, 0.05) is 31.2 Å². The van der Waals surface area contributed by atoms with Crippen LogP contribution < -0.4 is 16.4 Å². The fourth-order valence-corrected chi connectivity index (χ4v) is 5.12. The third-order valence-corrected chi connectivity index (χ3v) is 7.46. The molecular formula is C24H29ClFN7O2. The molecule has 0 unspecified atom stereocenters. The maximum absolute atomic E-state index is 14.7. The molecule has 3 aromatic rings. The van der Waals surface area contributed by atoms with Crippen LogP contribution in [0.4, 0.5) is 22.0 Å². The predicted molar refractivity (Wildman–Crippen MR) is 132 cm³/mol. The summed E-state index contributed by atoms with van der Waals surface area (Å²) in [6.45, 7) is 3.23. The van der Waals surface area contributed by atoms with Crippen molar-refractivity contribution in [3.63, 3.8) is 0 Å². The van der Waals surface area contributed by atoms with E-state index in [9.17, 15) is 9.18 Å².